The Hall–Kier alpha value is -4.13. The fraction of sp³-hybridized carbons (Fsp3) is 0.0455. The van der Waals surface area contributed by atoms with Gasteiger partial charge in [-0.3, -0.25) is 19.7 Å². The van der Waals surface area contributed by atoms with Crippen LogP contribution in [0.1, 0.15) is 32.7 Å². The van der Waals surface area contributed by atoms with Crippen LogP contribution in [-0.4, -0.2) is 22.3 Å². The first kappa shape index (κ1) is 19.6. The van der Waals surface area contributed by atoms with E-state index in [2.05, 4.69) is 10.5 Å². The molecule has 29 heavy (non-hydrogen) atoms. The lowest BCUT2D eigenvalue weighted by Crippen LogP contribution is -2.21. The third-order valence-electron chi connectivity index (χ3n) is 4.14. The second-order valence-electron chi connectivity index (χ2n) is 6.14. The monoisotopic (exact) mass is 387 g/mol. The van der Waals surface area contributed by atoms with Crippen LogP contribution in [0.2, 0.25) is 0 Å². The zero-order valence-corrected chi connectivity index (χ0v) is 15.3. The Morgan fingerprint density at radius 1 is 0.828 bits per heavy atom. The standard InChI is InChI=1S/C22H17N3O4/c26-21(17-10-5-2-6-11-17)15-20(16-8-3-1-4-9-16)23-24-22(27)18-12-7-13-19(14-18)25(28)29/h1-14H,15H2,(H,24,27). The van der Waals surface area contributed by atoms with Crippen molar-refractivity contribution >= 4 is 23.1 Å². The quantitative estimate of drug-likeness (QED) is 0.286. The Balaban J connectivity index is 1.83. The minimum absolute atomic E-state index is 0.0107. The lowest BCUT2D eigenvalue weighted by atomic mass is 10.0. The van der Waals surface area contributed by atoms with Crippen molar-refractivity contribution < 1.29 is 14.5 Å². The van der Waals surface area contributed by atoms with E-state index >= 15 is 0 Å². The molecule has 0 heterocycles. The molecule has 1 N–H and O–H groups in total. The topological polar surface area (TPSA) is 102 Å². The molecule has 7 nitrogen and oxygen atoms in total. The average Bonchev–Trinajstić information content (AvgIpc) is 2.77. The molecule has 3 aromatic rings. The van der Waals surface area contributed by atoms with E-state index in [-0.39, 0.29) is 23.5 Å². The molecular formula is C22H17N3O4. The predicted octanol–water partition coefficient (Wildman–Crippen LogP) is 4.00. The number of benzene rings is 3. The maximum absolute atomic E-state index is 12.6. The van der Waals surface area contributed by atoms with Gasteiger partial charge in [0.15, 0.2) is 5.78 Å². The minimum atomic E-state index is -0.603. The Morgan fingerprint density at radius 3 is 2.03 bits per heavy atom. The molecule has 3 aromatic carbocycles. The number of Topliss-reactive ketones (excluding diaryl/α,β-unsaturated/α-hetero) is 1. The smallest absolute Gasteiger partial charge is 0.271 e. The van der Waals surface area contributed by atoms with Crippen molar-refractivity contribution in [2.75, 3.05) is 0 Å². The molecule has 0 atom stereocenters. The van der Waals surface area contributed by atoms with Crippen molar-refractivity contribution in [2.45, 2.75) is 6.42 Å². The molecule has 0 aliphatic carbocycles. The maximum atomic E-state index is 12.6. The third-order valence-corrected chi connectivity index (χ3v) is 4.14. The first-order valence-electron chi connectivity index (χ1n) is 8.79. The molecule has 7 heteroatoms. The third kappa shape index (κ3) is 5.20. The SMILES string of the molecule is O=C(CC(=NNC(=O)c1cccc([N+](=O)[O-])c1)c1ccccc1)c1ccccc1. The highest BCUT2D eigenvalue weighted by molar-refractivity contribution is 6.16. The fourth-order valence-corrected chi connectivity index (χ4v) is 2.66. The summed E-state index contributed by atoms with van der Waals surface area (Å²) in [6, 6.07) is 23.2. The second-order valence-corrected chi connectivity index (χ2v) is 6.14. The molecule has 0 saturated carbocycles. The number of nitrogens with one attached hydrogen (secondary N) is 1. The van der Waals surface area contributed by atoms with Crippen molar-refractivity contribution in [1.82, 2.24) is 5.43 Å². The number of hydrogen-bond donors (Lipinski definition) is 1. The summed E-state index contributed by atoms with van der Waals surface area (Å²) in [5.74, 6) is -0.743. The van der Waals surface area contributed by atoms with Gasteiger partial charge in [0.2, 0.25) is 0 Å². The number of carbonyl (C=O) groups excluding carboxylic acids is 2. The molecule has 0 bridgehead atoms. The van der Waals surface area contributed by atoms with Crippen LogP contribution < -0.4 is 5.43 Å². The largest absolute Gasteiger partial charge is 0.294 e. The van der Waals surface area contributed by atoms with Crippen LogP contribution in [0.4, 0.5) is 5.69 Å². The first-order chi connectivity index (χ1) is 14.0. The Labute approximate surface area is 166 Å². The number of carbonyl (C=O) groups is 2. The van der Waals surface area contributed by atoms with Crippen molar-refractivity contribution in [1.29, 1.82) is 0 Å². The molecule has 1 amide bonds. The van der Waals surface area contributed by atoms with Gasteiger partial charge in [0, 0.05) is 23.3 Å². The Kier molecular flexibility index (Phi) is 6.22. The summed E-state index contributed by atoms with van der Waals surface area (Å²) >= 11 is 0. The number of nitro groups is 1. The van der Waals surface area contributed by atoms with Crippen molar-refractivity contribution in [3.63, 3.8) is 0 Å². The van der Waals surface area contributed by atoms with Gasteiger partial charge in [-0.15, -0.1) is 0 Å². The molecule has 0 unspecified atom stereocenters. The first-order valence-corrected chi connectivity index (χ1v) is 8.79. The molecule has 0 aliphatic rings. The molecule has 0 aromatic heterocycles. The van der Waals surface area contributed by atoms with E-state index in [1.54, 1.807) is 48.5 Å². The van der Waals surface area contributed by atoms with Crippen molar-refractivity contribution in [2.24, 2.45) is 5.10 Å². The maximum Gasteiger partial charge on any atom is 0.271 e. The summed E-state index contributed by atoms with van der Waals surface area (Å²) in [7, 11) is 0. The van der Waals surface area contributed by atoms with E-state index in [4.69, 9.17) is 0 Å². The van der Waals surface area contributed by atoms with Gasteiger partial charge in [0.1, 0.15) is 0 Å². The van der Waals surface area contributed by atoms with Crippen LogP contribution in [0.3, 0.4) is 0 Å². The second kappa shape index (κ2) is 9.18. The van der Waals surface area contributed by atoms with Crippen molar-refractivity contribution in [3.05, 3.63) is 112 Å². The van der Waals surface area contributed by atoms with Gasteiger partial charge in [-0.1, -0.05) is 66.7 Å². The van der Waals surface area contributed by atoms with Crippen LogP contribution in [0, 0.1) is 10.1 Å². The van der Waals surface area contributed by atoms with Crippen LogP contribution >= 0.6 is 0 Å². The highest BCUT2D eigenvalue weighted by atomic mass is 16.6. The Morgan fingerprint density at radius 2 is 1.41 bits per heavy atom. The predicted molar refractivity (Wildman–Crippen MR) is 109 cm³/mol. The van der Waals surface area contributed by atoms with Gasteiger partial charge in [-0.25, -0.2) is 5.43 Å². The summed E-state index contributed by atoms with van der Waals surface area (Å²) in [4.78, 5) is 35.3. The summed E-state index contributed by atoms with van der Waals surface area (Å²) in [6.07, 6.45) is -0.0107. The van der Waals surface area contributed by atoms with Gasteiger partial charge in [-0.05, 0) is 11.6 Å². The van der Waals surface area contributed by atoms with Gasteiger partial charge < -0.3 is 0 Å². The van der Waals surface area contributed by atoms with E-state index in [9.17, 15) is 19.7 Å². The van der Waals surface area contributed by atoms with E-state index in [1.165, 1.54) is 24.3 Å². The average molecular weight is 387 g/mol. The summed E-state index contributed by atoms with van der Waals surface area (Å²) in [5.41, 5.74) is 3.93. The number of rotatable bonds is 7. The van der Waals surface area contributed by atoms with Gasteiger partial charge in [0.25, 0.3) is 11.6 Å². The van der Waals surface area contributed by atoms with E-state index < -0.39 is 10.8 Å². The summed E-state index contributed by atoms with van der Waals surface area (Å²) < 4.78 is 0. The number of nitrogens with zero attached hydrogens (tertiary/aromatic N) is 2. The summed E-state index contributed by atoms with van der Waals surface area (Å²) in [5, 5.41) is 15.0. The molecule has 144 valence electrons. The molecule has 0 saturated heterocycles. The lowest BCUT2D eigenvalue weighted by Gasteiger charge is -2.08. The number of hydrogen-bond acceptors (Lipinski definition) is 5. The van der Waals surface area contributed by atoms with Gasteiger partial charge in [-0.2, -0.15) is 5.10 Å². The molecule has 3 rings (SSSR count). The van der Waals surface area contributed by atoms with Crippen LogP contribution in [-0.2, 0) is 0 Å². The van der Waals surface area contributed by atoms with Crippen LogP contribution in [0.5, 0.6) is 0 Å². The van der Waals surface area contributed by atoms with Gasteiger partial charge >= 0.3 is 0 Å². The number of non-ortho nitro benzene ring substituents is 1. The van der Waals surface area contributed by atoms with E-state index in [1.807, 2.05) is 12.1 Å². The molecule has 0 fully saturated rings. The minimum Gasteiger partial charge on any atom is -0.294 e. The fourth-order valence-electron chi connectivity index (χ4n) is 2.66. The normalized spacial score (nSPS) is 11.0. The molecule has 0 radical (unpaired) electrons. The molecule has 0 aliphatic heterocycles. The molecule has 0 spiro atoms. The Bertz CT molecular complexity index is 1060. The number of hydrazone groups is 1. The number of ketones is 1. The van der Waals surface area contributed by atoms with Crippen LogP contribution in [0.25, 0.3) is 0 Å². The molecular weight excluding hydrogens is 370 g/mol. The van der Waals surface area contributed by atoms with E-state index in [0.29, 0.717) is 16.8 Å². The zero-order chi connectivity index (χ0) is 20.6. The van der Waals surface area contributed by atoms with Crippen LogP contribution in [0.15, 0.2) is 90.0 Å². The van der Waals surface area contributed by atoms with Gasteiger partial charge in [0.05, 0.1) is 17.1 Å². The van der Waals surface area contributed by atoms with Crippen molar-refractivity contribution in [3.8, 4) is 0 Å². The summed E-state index contributed by atoms with van der Waals surface area (Å²) in [6.45, 7) is 0. The number of amides is 1. The highest BCUT2D eigenvalue weighted by Gasteiger charge is 2.14. The highest BCUT2D eigenvalue weighted by Crippen LogP contribution is 2.13. The van der Waals surface area contributed by atoms with E-state index in [0.717, 1.165) is 0 Å². The lowest BCUT2D eigenvalue weighted by molar-refractivity contribution is -0.384. The number of nitro benzene ring substituents is 1. The zero-order valence-electron chi connectivity index (χ0n) is 15.3.